The second kappa shape index (κ2) is 7.33. The molecule has 0 aromatic heterocycles. The lowest BCUT2D eigenvalue weighted by atomic mass is 10.0. The van der Waals surface area contributed by atoms with Crippen molar-refractivity contribution in [2.24, 2.45) is 5.92 Å². The molecule has 6 heteroatoms. The molecule has 1 aromatic rings. The van der Waals surface area contributed by atoms with E-state index in [0.717, 1.165) is 17.7 Å². The number of hydrogen-bond donors (Lipinski definition) is 1. The van der Waals surface area contributed by atoms with Crippen molar-refractivity contribution in [3.05, 3.63) is 23.8 Å². The standard InChI is InChI=1S/C19H26N2O4/c1-12(2)18(21-8-4-5-17(21)22)19(23)20-13(3)14-6-7-15-16(11-14)25-10-9-24-15/h6-7,11-13,18H,4-5,8-10H2,1-3H3,(H,20,23)/t13-,18+/m1/s1. The van der Waals surface area contributed by atoms with E-state index in [-0.39, 0.29) is 23.8 Å². The second-order valence-electron chi connectivity index (χ2n) is 7.01. The van der Waals surface area contributed by atoms with Gasteiger partial charge in [-0.15, -0.1) is 0 Å². The maximum Gasteiger partial charge on any atom is 0.243 e. The Balaban J connectivity index is 1.71. The van der Waals surface area contributed by atoms with Gasteiger partial charge in [0.25, 0.3) is 0 Å². The van der Waals surface area contributed by atoms with Crippen LogP contribution in [0.2, 0.25) is 0 Å². The predicted molar refractivity (Wildman–Crippen MR) is 93.6 cm³/mol. The van der Waals surface area contributed by atoms with Crippen molar-refractivity contribution in [1.29, 1.82) is 0 Å². The third-order valence-electron chi connectivity index (χ3n) is 4.77. The van der Waals surface area contributed by atoms with E-state index in [4.69, 9.17) is 9.47 Å². The molecule has 0 saturated carbocycles. The molecule has 136 valence electrons. The molecule has 1 fully saturated rings. The second-order valence-corrected chi connectivity index (χ2v) is 7.01. The number of fused-ring (bicyclic) bond motifs is 1. The highest BCUT2D eigenvalue weighted by Gasteiger charge is 2.35. The zero-order valence-corrected chi connectivity index (χ0v) is 15.1. The number of hydrogen-bond acceptors (Lipinski definition) is 4. The molecule has 0 spiro atoms. The highest BCUT2D eigenvalue weighted by atomic mass is 16.6. The molecule has 2 heterocycles. The van der Waals surface area contributed by atoms with E-state index in [9.17, 15) is 9.59 Å². The average molecular weight is 346 g/mol. The van der Waals surface area contributed by atoms with Gasteiger partial charge in [-0.3, -0.25) is 9.59 Å². The number of carbonyl (C=O) groups is 2. The molecule has 25 heavy (non-hydrogen) atoms. The van der Waals surface area contributed by atoms with Crippen molar-refractivity contribution >= 4 is 11.8 Å². The Morgan fingerprint density at radius 3 is 2.52 bits per heavy atom. The summed E-state index contributed by atoms with van der Waals surface area (Å²) in [6.07, 6.45) is 1.36. The van der Waals surface area contributed by atoms with Gasteiger partial charge in [-0.2, -0.15) is 0 Å². The first-order valence-electron chi connectivity index (χ1n) is 8.96. The Morgan fingerprint density at radius 2 is 1.88 bits per heavy atom. The number of likely N-dealkylation sites (tertiary alicyclic amines) is 1. The van der Waals surface area contributed by atoms with E-state index in [1.54, 1.807) is 4.90 Å². The molecule has 0 bridgehead atoms. The lowest BCUT2D eigenvalue weighted by Gasteiger charge is -2.31. The Bertz CT molecular complexity index is 659. The first-order valence-corrected chi connectivity index (χ1v) is 8.96. The van der Waals surface area contributed by atoms with Gasteiger partial charge in [0.15, 0.2) is 11.5 Å². The van der Waals surface area contributed by atoms with E-state index in [1.165, 1.54) is 0 Å². The monoisotopic (exact) mass is 346 g/mol. The zero-order chi connectivity index (χ0) is 18.0. The van der Waals surface area contributed by atoms with Crippen LogP contribution in [0.25, 0.3) is 0 Å². The summed E-state index contributed by atoms with van der Waals surface area (Å²) in [4.78, 5) is 26.6. The van der Waals surface area contributed by atoms with Crippen molar-refractivity contribution in [2.75, 3.05) is 19.8 Å². The molecule has 1 saturated heterocycles. The smallest absolute Gasteiger partial charge is 0.243 e. The van der Waals surface area contributed by atoms with Crippen LogP contribution in [0.5, 0.6) is 11.5 Å². The van der Waals surface area contributed by atoms with Crippen LogP contribution in [0, 0.1) is 5.92 Å². The van der Waals surface area contributed by atoms with Crippen LogP contribution in [0.1, 0.15) is 45.2 Å². The van der Waals surface area contributed by atoms with Gasteiger partial charge in [-0.05, 0) is 37.0 Å². The summed E-state index contributed by atoms with van der Waals surface area (Å²) in [5, 5.41) is 3.05. The summed E-state index contributed by atoms with van der Waals surface area (Å²) in [6.45, 7) is 7.64. The number of amides is 2. The Hall–Kier alpha value is -2.24. The molecule has 2 atom stereocenters. The average Bonchev–Trinajstić information content (AvgIpc) is 3.00. The number of carbonyl (C=O) groups excluding carboxylic acids is 2. The van der Waals surface area contributed by atoms with Gasteiger partial charge < -0.3 is 19.7 Å². The Morgan fingerprint density at radius 1 is 1.16 bits per heavy atom. The maximum atomic E-state index is 12.8. The molecule has 2 aliphatic heterocycles. The largest absolute Gasteiger partial charge is 0.486 e. The third-order valence-corrected chi connectivity index (χ3v) is 4.77. The van der Waals surface area contributed by atoms with Crippen LogP contribution in [-0.2, 0) is 9.59 Å². The lowest BCUT2D eigenvalue weighted by molar-refractivity contribution is -0.139. The van der Waals surface area contributed by atoms with Crippen LogP contribution in [0.15, 0.2) is 18.2 Å². The van der Waals surface area contributed by atoms with Crippen LogP contribution in [0.4, 0.5) is 0 Å². The van der Waals surface area contributed by atoms with E-state index < -0.39 is 6.04 Å². The van der Waals surface area contributed by atoms with Gasteiger partial charge in [0.2, 0.25) is 11.8 Å². The normalized spacial score (nSPS) is 19.0. The fraction of sp³-hybridized carbons (Fsp3) is 0.579. The molecule has 1 aromatic carbocycles. The van der Waals surface area contributed by atoms with Gasteiger partial charge in [-0.25, -0.2) is 0 Å². The predicted octanol–water partition coefficient (Wildman–Crippen LogP) is 2.28. The molecule has 0 unspecified atom stereocenters. The lowest BCUT2D eigenvalue weighted by Crippen LogP contribution is -2.50. The van der Waals surface area contributed by atoms with Crippen molar-refractivity contribution in [2.45, 2.75) is 45.7 Å². The summed E-state index contributed by atoms with van der Waals surface area (Å²) in [5.74, 6) is 1.47. The van der Waals surface area contributed by atoms with Gasteiger partial charge in [0.05, 0.1) is 6.04 Å². The molecule has 2 amide bonds. The molecular formula is C19H26N2O4. The summed E-state index contributed by atoms with van der Waals surface area (Å²) >= 11 is 0. The molecule has 0 aliphatic carbocycles. The number of rotatable bonds is 5. The van der Waals surface area contributed by atoms with Gasteiger partial charge in [-0.1, -0.05) is 19.9 Å². The minimum atomic E-state index is -0.422. The summed E-state index contributed by atoms with van der Waals surface area (Å²) < 4.78 is 11.1. The number of benzene rings is 1. The van der Waals surface area contributed by atoms with Crippen molar-refractivity contribution in [3.63, 3.8) is 0 Å². The summed E-state index contributed by atoms with van der Waals surface area (Å²) in [7, 11) is 0. The quantitative estimate of drug-likeness (QED) is 0.888. The highest BCUT2D eigenvalue weighted by molar-refractivity contribution is 5.89. The molecule has 1 N–H and O–H groups in total. The van der Waals surface area contributed by atoms with Crippen LogP contribution in [-0.4, -0.2) is 42.5 Å². The van der Waals surface area contributed by atoms with Crippen LogP contribution >= 0.6 is 0 Å². The summed E-state index contributed by atoms with van der Waals surface area (Å²) in [6, 6.07) is 5.11. The zero-order valence-electron chi connectivity index (χ0n) is 15.1. The van der Waals surface area contributed by atoms with Crippen LogP contribution in [0.3, 0.4) is 0 Å². The maximum absolute atomic E-state index is 12.8. The van der Waals surface area contributed by atoms with Crippen molar-refractivity contribution in [1.82, 2.24) is 10.2 Å². The number of ether oxygens (including phenoxy) is 2. The van der Waals surface area contributed by atoms with E-state index in [1.807, 2.05) is 39.0 Å². The van der Waals surface area contributed by atoms with Crippen molar-refractivity contribution < 1.29 is 19.1 Å². The fourth-order valence-corrected chi connectivity index (χ4v) is 3.48. The van der Waals surface area contributed by atoms with E-state index in [2.05, 4.69) is 5.32 Å². The van der Waals surface area contributed by atoms with E-state index >= 15 is 0 Å². The topological polar surface area (TPSA) is 67.9 Å². The molecule has 2 aliphatic rings. The van der Waals surface area contributed by atoms with Gasteiger partial charge in [0, 0.05) is 13.0 Å². The third kappa shape index (κ3) is 3.72. The van der Waals surface area contributed by atoms with Crippen LogP contribution < -0.4 is 14.8 Å². The molecular weight excluding hydrogens is 320 g/mol. The number of nitrogens with zero attached hydrogens (tertiary/aromatic N) is 1. The fourth-order valence-electron chi connectivity index (χ4n) is 3.48. The SMILES string of the molecule is CC(C)[C@@H](C(=O)N[C@H](C)c1ccc2c(c1)OCCO2)N1CCCC1=O. The molecule has 6 nitrogen and oxygen atoms in total. The minimum absolute atomic E-state index is 0.0644. The van der Waals surface area contributed by atoms with Gasteiger partial charge >= 0.3 is 0 Å². The van der Waals surface area contributed by atoms with E-state index in [0.29, 0.717) is 31.9 Å². The highest BCUT2D eigenvalue weighted by Crippen LogP contribution is 2.32. The molecule has 0 radical (unpaired) electrons. The van der Waals surface area contributed by atoms with Crippen molar-refractivity contribution in [3.8, 4) is 11.5 Å². The van der Waals surface area contributed by atoms with Gasteiger partial charge in [0.1, 0.15) is 19.3 Å². The summed E-state index contributed by atoms with van der Waals surface area (Å²) in [5.41, 5.74) is 0.952. The Kier molecular flexibility index (Phi) is 5.16. The first kappa shape index (κ1) is 17.6. The first-order chi connectivity index (χ1) is 12.0. The number of nitrogens with one attached hydrogen (secondary N) is 1. The minimum Gasteiger partial charge on any atom is -0.486 e. The molecule has 3 rings (SSSR count). The Labute approximate surface area is 148 Å².